The Hall–Kier alpha value is -2.20. The Morgan fingerprint density at radius 1 is 1.12 bits per heavy atom. The Morgan fingerprint density at radius 3 is 2.65 bits per heavy atom. The van der Waals surface area contributed by atoms with Crippen LogP contribution in [0.15, 0.2) is 54.6 Å². The fraction of sp³-hybridized carbons (Fsp3) is 0.409. The molecule has 1 aliphatic carbocycles. The average molecular weight is 352 g/mol. The van der Waals surface area contributed by atoms with Crippen LogP contribution in [-0.4, -0.2) is 41.4 Å². The minimum absolute atomic E-state index is 0.0277. The summed E-state index contributed by atoms with van der Waals surface area (Å²) < 4.78 is 13.4. The van der Waals surface area contributed by atoms with Gasteiger partial charge in [-0.25, -0.2) is 4.39 Å². The van der Waals surface area contributed by atoms with Crippen LogP contribution in [-0.2, 0) is 11.3 Å². The van der Waals surface area contributed by atoms with Crippen molar-refractivity contribution in [3.05, 3.63) is 71.5 Å². The highest BCUT2D eigenvalue weighted by Gasteiger charge is 2.47. The predicted molar refractivity (Wildman–Crippen MR) is 100 cm³/mol. The highest BCUT2D eigenvalue weighted by atomic mass is 19.1. The van der Waals surface area contributed by atoms with E-state index in [9.17, 15) is 9.18 Å². The molecule has 4 heteroatoms. The Bertz CT molecular complexity index is 779. The zero-order valence-electron chi connectivity index (χ0n) is 15.1. The van der Waals surface area contributed by atoms with Crippen LogP contribution in [0.1, 0.15) is 30.4 Å². The number of hydrogen-bond donors (Lipinski definition) is 0. The molecular formula is C22H25FN2O. The lowest BCUT2D eigenvalue weighted by Crippen LogP contribution is -2.54. The molecule has 3 atom stereocenters. The molecule has 3 nitrogen and oxygen atoms in total. The molecule has 0 radical (unpaired) electrons. The lowest BCUT2D eigenvalue weighted by atomic mass is 10.1. The second kappa shape index (κ2) is 7.20. The molecule has 3 unspecified atom stereocenters. The van der Waals surface area contributed by atoms with Gasteiger partial charge in [0.2, 0.25) is 5.91 Å². The zero-order chi connectivity index (χ0) is 18.1. The monoisotopic (exact) mass is 352 g/mol. The fourth-order valence-electron chi connectivity index (χ4n) is 4.13. The van der Waals surface area contributed by atoms with Gasteiger partial charge in [0.1, 0.15) is 5.82 Å². The average Bonchev–Trinajstić information content (AvgIpc) is 3.43. The Morgan fingerprint density at radius 2 is 1.92 bits per heavy atom. The molecule has 2 aromatic carbocycles. The van der Waals surface area contributed by atoms with Gasteiger partial charge >= 0.3 is 0 Å². The largest absolute Gasteiger partial charge is 0.337 e. The summed E-state index contributed by atoms with van der Waals surface area (Å²) in [5, 5.41) is 0. The standard InChI is InChI=1S/C22H25FN2O/c1-16-14-24(15-17-6-3-2-4-7-17)10-11-25(16)22(26)21-13-20(21)18-8-5-9-19(23)12-18/h2-9,12,16,20-21H,10-11,13-15H2,1H3. The summed E-state index contributed by atoms with van der Waals surface area (Å²) in [5.41, 5.74) is 2.27. The van der Waals surface area contributed by atoms with Crippen molar-refractivity contribution in [2.45, 2.75) is 31.8 Å². The van der Waals surface area contributed by atoms with Crippen LogP contribution in [0.2, 0.25) is 0 Å². The number of rotatable bonds is 4. The van der Waals surface area contributed by atoms with Crippen molar-refractivity contribution in [3.63, 3.8) is 0 Å². The maximum absolute atomic E-state index is 13.4. The first-order chi connectivity index (χ1) is 12.6. The first-order valence-electron chi connectivity index (χ1n) is 9.44. The highest BCUT2D eigenvalue weighted by molar-refractivity contribution is 5.83. The van der Waals surface area contributed by atoms with Crippen LogP contribution < -0.4 is 0 Å². The molecule has 2 aliphatic rings. The van der Waals surface area contributed by atoms with Gasteiger partial charge in [0.05, 0.1) is 0 Å². The van der Waals surface area contributed by atoms with Gasteiger partial charge in [0, 0.05) is 38.1 Å². The highest BCUT2D eigenvalue weighted by Crippen LogP contribution is 2.48. The summed E-state index contributed by atoms with van der Waals surface area (Å²) in [7, 11) is 0. The van der Waals surface area contributed by atoms with Crippen LogP contribution in [0.4, 0.5) is 4.39 Å². The third-order valence-corrected chi connectivity index (χ3v) is 5.63. The van der Waals surface area contributed by atoms with E-state index in [1.54, 1.807) is 12.1 Å². The van der Waals surface area contributed by atoms with Gasteiger partial charge in [-0.05, 0) is 42.5 Å². The van der Waals surface area contributed by atoms with E-state index in [1.807, 2.05) is 17.0 Å². The Labute approximate surface area is 154 Å². The fourth-order valence-corrected chi connectivity index (χ4v) is 4.13. The smallest absolute Gasteiger partial charge is 0.226 e. The minimum atomic E-state index is -0.219. The number of carbonyl (C=O) groups is 1. The van der Waals surface area contributed by atoms with Crippen LogP contribution in [0.3, 0.4) is 0 Å². The summed E-state index contributed by atoms with van der Waals surface area (Å²) in [4.78, 5) is 17.4. The van der Waals surface area contributed by atoms with Gasteiger partial charge in [0.25, 0.3) is 0 Å². The van der Waals surface area contributed by atoms with E-state index in [2.05, 4.69) is 36.1 Å². The first-order valence-corrected chi connectivity index (χ1v) is 9.44. The molecule has 1 saturated carbocycles. The third-order valence-electron chi connectivity index (χ3n) is 5.63. The lowest BCUT2D eigenvalue weighted by Gasteiger charge is -2.40. The van der Waals surface area contributed by atoms with E-state index in [4.69, 9.17) is 0 Å². The zero-order valence-corrected chi connectivity index (χ0v) is 15.1. The molecule has 2 aromatic rings. The van der Waals surface area contributed by atoms with E-state index < -0.39 is 0 Å². The minimum Gasteiger partial charge on any atom is -0.337 e. The van der Waals surface area contributed by atoms with Gasteiger partial charge in [-0.3, -0.25) is 9.69 Å². The summed E-state index contributed by atoms with van der Waals surface area (Å²) in [6.07, 6.45) is 0.846. The van der Waals surface area contributed by atoms with Crippen molar-refractivity contribution in [1.29, 1.82) is 0 Å². The predicted octanol–water partition coefficient (Wildman–Crippen LogP) is 3.66. The van der Waals surface area contributed by atoms with Gasteiger partial charge in [-0.1, -0.05) is 42.5 Å². The number of nitrogens with zero attached hydrogens (tertiary/aromatic N) is 2. The van der Waals surface area contributed by atoms with Crippen molar-refractivity contribution in [1.82, 2.24) is 9.80 Å². The second-order valence-electron chi connectivity index (χ2n) is 7.61. The second-order valence-corrected chi connectivity index (χ2v) is 7.61. The maximum atomic E-state index is 13.4. The van der Waals surface area contributed by atoms with Crippen LogP contribution in [0.25, 0.3) is 0 Å². The molecule has 0 bridgehead atoms. The van der Waals surface area contributed by atoms with Crippen molar-refractivity contribution in [2.75, 3.05) is 19.6 Å². The van der Waals surface area contributed by atoms with Crippen molar-refractivity contribution < 1.29 is 9.18 Å². The van der Waals surface area contributed by atoms with Crippen LogP contribution in [0.5, 0.6) is 0 Å². The van der Waals surface area contributed by atoms with E-state index >= 15 is 0 Å². The quantitative estimate of drug-likeness (QED) is 0.838. The first kappa shape index (κ1) is 17.2. The van der Waals surface area contributed by atoms with Crippen molar-refractivity contribution in [2.24, 2.45) is 5.92 Å². The summed E-state index contributed by atoms with van der Waals surface area (Å²) in [6.45, 7) is 5.65. The molecule has 1 aliphatic heterocycles. The molecular weight excluding hydrogens is 327 g/mol. The molecule has 4 rings (SSSR count). The topological polar surface area (TPSA) is 23.6 Å². The number of amides is 1. The molecule has 0 spiro atoms. The van der Waals surface area contributed by atoms with Crippen molar-refractivity contribution >= 4 is 5.91 Å². The molecule has 2 fully saturated rings. The molecule has 0 N–H and O–H groups in total. The van der Waals surface area contributed by atoms with Gasteiger partial charge in [0.15, 0.2) is 0 Å². The maximum Gasteiger partial charge on any atom is 0.226 e. The SMILES string of the molecule is CC1CN(Cc2ccccc2)CCN1C(=O)C1CC1c1cccc(F)c1. The molecule has 1 amide bonds. The Balaban J connectivity index is 1.34. The normalized spacial score (nSPS) is 25.9. The number of halogens is 1. The molecule has 26 heavy (non-hydrogen) atoms. The third kappa shape index (κ3) is 3.65. The number of benzene rings is 2. The summed E-state index contributed by atoms with van der Waals surface area (Å²) in [6, 6.07) is 17.4. The molecule has 0 aromatic heterocycles. The summed E-state index contributed by atoms with van der Waals surface area (Å²) in [5.74, 6) is 0.238. The molecule has 1 saturated heterocycles. The van der Waals surface area contributed by atoms with Gasteiger partial charge in [-0.2, -0.15) is 0 Å². The number of carbonyl (C=O) groups excluding carboxylic acids is 1. The van der Waals surface area contributed by atoms with Gasteiger partial charge < -0.3 is 4.90 Å². The Kier molecular flexibility index (Phi) is 4.77. The number of hydrogen-bond acceptors (Lipinski definition) is 2. The van der Waals surface area contributed by atoms with Gasteiger partial charge in [-0.15, -0.1) is 0 Å². The van der Waals surface area contributed by atoms with Crippen LogP contribution in [0, 0.1) is 11.7 Å². The van der Waals surface area contributed by atoms with Crippen molar-refractivity contribution in [3.8, 4) is 0 Å². The van der Waals surface area contributed by atoms with E-state index in [0.717, 1.165) is 38.2 Å². The molecule has 1 heterocycles. The van der Waals surface area contributed by atoms with E-state index in [1.165, 1.54) is 11.6 Å². The summed E-state index contributed by atoms with van der Waals surface area (Å²) >= 11 is 0. The number of piperazine rings is 1. The molecule has 136 valence electrons. The van der Waals surface area contributed by atoms with E-state index in [-0.39, 0.29) is 29.6 Å². The van der Waals surface area contributed by atoms with Crippen LogP contribution >= 0.6 is 0 Å². The lowest BCUT2D eigenvalue weighted by molar-refractivity contribution is -0.137. The van der Waals surface area contributed by atoms with E-state index in [0.29, 0.717) is 0 Å².